The molecule has 0 atom stereocenters. The van der Waals surface area contributed by atoms with E-state index >= 15 is 0 Å². The second-order valence-corrected chi connectivity index (χ2v) is 4.92. The normalized spacial score (nSPS) is 17.4. The van der Waals surface area contributed by atoms with Crippen LogP contribution in [0.5, 0.6) is 5.75 Å². The van der Waals surface area contributed by atoms with Crippen LogP contribution in [0.1, 0.15) is 37.8 Å². The fraction of sp³-hybridized carbons (Fsp3) is 0.400. The van der Waals surface area contributed by atoms with Crippen LogP contribution in [0.3, 0.4) is 0 Å². The lowest BCUT2D eigenvalue weighted by Crippen LogP contribution is -2.24. The first-order valence-electron chi connectivity index (χ1n) is 5.89. The van der Waals surface area contributed by atoms with Crippen molar-refractivity contribution in [1.82, 2.24) is 0 Å². The molecule has 1 radical (unpaired) electrons. The Morgan fingerprint density at radius 3 is 3.00 bits per heavy atom. The number of hydrogen-bond acceptors (Lipinski definition) is 1. The average Bonchev–Trinajstić information content (AvgIpc) is 2.53. The van der Waals surface area contributed by atoms with E-state index in [9.17, 15) is 0 Å². The van der Waals surface area contributed by atoms with E-state index in [0.717, 1.165) is 25.0 Å². The highest BCUT2D eigenvalue weighted by Crippen LogP contribution is 2.38. The van der Waals surface area contributed by atoms with E-state index in [0.29, 0.717) is 0 Å². The van der Waals surface area contributed by atoms with E-state index in [1.54, 1.807) is 0 Å². The maximum absolute atomic E-state index is 5.99. The van der Waals surface area contributed by atoms with Crippen LogP contribution < -0.4 is 4.74 Å². The lowest BCUT2D eigenvalue weighted by Gasteiger charge is -2.17. The highest BCUT2D eigenvalue weighted by molar-refractivity contribution is 5.61. The van der Waals surface area contributed by atoms with Gasteiger partial charge in [-0.05, 0) is 32.3 Å². The summed E-state index contributed by atoms with van der Waals surface area (Å²) in [5, 5.41) is 0. The zero-order chi connectivity index (χ0) is 11.6. The van der Waals surface area contributed by atoms with Crippen molar-refractivity contribution < 1.29 is 4.74 Å². The third kappa shape index (κ3) is 2.29. The van der Waals surface area contributed by atoms with Gasteiger partial charge in [0.05, 0.1) is 0 Å². The van der Waals surface area contributed by atoms with Crippen LogP contribution in [0.15, 0.2) is 24.3 Å². The van der Waals surface area contributed by atoms with Crippen molar-refractivity contribution >= 4 is 6.08 Å². The summed E-state index contributed by atoms with van der Waals surface area (Å²) in [6.07, 6.45) is 7.27. The van der Waals surface area contributed by atoms with E-state index < -0.39 is 0 Å². The third-order valence-electron chi connectivity index (χ3n) is 2.79. The second kappa shape index (κ2) is 4.32. The Balaban J connectivity index is 2.26. The largest absolute Gasteiger partial charge is 0.487 e. The van der Waals surface area contributed by atoms with Gasteiger partial charge >= 0.3 is 0 Å². The van der Waals surface area contributed by atoms with Gasteiger partial charge in [-0.1, -0.05) is 37.3 Å². The van der Waals surface area contributed by atoms with Gasteiger partial charge in [-0.25, -0.2) is 0 Å². The third-order valence-corrected chi connectivity index (χ3v) is 2.79. The highest BCUT2D eigenvalue weighted by atomic mass is 16.5. The van der Waals surface area contributed by atoms with Crippen LogP contribution in [0.2, 0.25) is 0 Å². The van der Waals surface area contributed by atoms with Gasteiger partial charge in [0.15, 0.2) is 0 Å². The van der Waals surface area contributed by atoms with E-state index in [-0.39, 0.29) is 5.60 Å². The SMILES string of the molecule is [CH2]CCC=Cc1cccc2c1OC(C)(C)C2. The smallest absolute Gasteiger partial charge is 0.130 e. The van der Waals surface area contributed by atoms with Gasteiger partial charge in [0, 0.05) is 12.0 Å². The minimum atomic E-state index is -0.0570. The molecule has 0 unspecified atom stereocenters. The number of para-hydroxylation sites is 1. The Morgan fingerprint density at radius 1 is 1.44 bits per heavy atom. The molecule has 1 aromatic carbocycles. The van der Waals surface area contributed by atoms with Gasteiger partial charge in [0.25, 0.3) is 0 Å². The van der Waals surface area contributed by atoms with Gasteiger partial charge in [0.1, 0.15) is 11.4 Å². The molecule has 85 valence electrons. The van der Waals surface area contributed by atoms with Crippen molar-refractivity contribution in [2.24, 2.45) is 0 Å². The van der Waals surface area contributed by atoms with Crippen molar-refractivity contribution in [1.29, 1.82) is 0 Å². The van der Waals surface area contributed by atoms with Crippen LogP contribution in [-0.4, -0.2) is 5.60 Å². The first-order chi connectivity index (χ1) is 7.62. The Kier molecular flexibility index (Phi) is 3.04. The molecule has 0 aliphatic carbocycles. The maximum Gasteiger partial charge on any atom is 0.130 e. The molecule has 1 heterocycles. The van der Waals surface area contributed by atoms with Gasteiger partial charge in [-0.15, -0.1) is 0 Å². The van der Waals surface area contributed by atoms with Crippen LogP contribution in [0.4, 0.5) is 0 Å². The van der Waals surface area contributed by atoms with Crippen molar-refractivity contribution in [3.05, 3.63) is 42.3 Å². The topological polar surface area (TPSA) is 9.23 Å². The number of rotatable bonds is 3. The summed E-state index contributed by atoms with van der Waals surface area (Å²) in [4.78, 5) is 0. The molecule has 0 saturated carbocycles. The molecule has 0 aromatic heterocycles. The molecular formula is C15H19O. The Morgan fingerprint density at radius 2 is 2.25 bits per heavy atom. The number of unbranched alkanes of at least 4 members (excludes halogenated alkanes) is 1. The molecule has 1 heteroatoms. The number of allylic oxidation sites excluding steroid dienone is 1. The molecule has 1 aliphatic rings. The van der Waals surface area contributed by atoms with E-state index in [1.807, 2.05) is 0 Å². The average molecular weight is 215 g/mol. The first-order valence-corrected chi connectivity index (χ1v) is 5.89. The molecule has 1 aliphatic heterocycles. The molecular weight excluding hydrogens is 196 g/mol. The highest BCUT2D eigenvalue weighted by Gasteiger charge is 2.30. The zero-order valence-electron chi connectivity index (χ0n) is 10.1. The van der Waals surface area contributed by atoms with Crippen LogP contribution in [-0.2, 0) is 6.42 Å². The number of fused-ring (bicyclic) bond motifs is 1. The van der Waals surface area contributed by atoms with Crippen molar-refractivity contribution in [3.63, 3.8) is 0 Å². The first kappa shape index (κ1) is 11.3. The summed E-state index contributed by atoms with van der Waals surface area (Å²) >= 11 is 0. The molecule has 0 spiro atoms. The summed E-state index contributed by atoms with van der Waals surface area (Å²) in [7, 11) is 0. The van der Waals surface area contributed by atoms with Crippen molar-refractivity contribution in [3.8, 4) is 5.75 Å². The molecule has 0 amide bonds. The fourth-order valence-electron chi connectivity index (χ4n) is 2.10. The number of hydrogen-bond donors (Lipinski definition) is 0. The molecule has 0 fully saturated rings. The summed E-state index contributed by atoms with van der Waals surface area (Å²) in [5.74, 6) is 1.06. The summed E-state index contributed by atoms with van der Waals surface area (Å²) in [6, 6.07) is 6.37. The monoisotopic (exact) mass is 215 g/mol. The zero-order valence-corrected chi connectivity index (χ0v) is 10.1. The van der Waals surface area contributed by atoms with E-state index in [1.165, 1.54) is 11.1 Å². The van der Waals surface area contributed by atoms with Crippen LogP contribution in [0.25, 0.3) is 6.08 Å². The molecule has 2 rings (SSSR count). The lowest BCUT2D eigenvalue weighted by atomic mass is 10.0. The number of benzene rings is 1. The Bertz CT molecular complexity index is 402. The number of ether oxygens (including phenoxy) is 1. The van der Waals surface area contributed by atoms with Crippen molar-refractivity contribution in [2.75, 3.05) is 0 Å². The Labute approximate surface area is 98.1 Å². The van der Waals surface area contributed by atoms with Gasteiger partial charge < -0.3 is 4.74 Å². The van der Waals surface area contributed by atoms with Crippen molar-refractivity contribution in [2.45, 2.75) is 38.7 Å². The molecule has 0 bridgehead atoms. The predicted molar refractivity (Wildman–Crippen MR) is 68.5 cm³/mol. The summed E-state index contributed by atoms with van der Waals surface area (Å²) < 4.78 is 5.99. The van der Waals surface area contributed by atoms with Gasteiger partial charge in [-0.3, -0.25) is 0 Å². The fourth-order valence-corrected chi connectivity index (χ4v) is 2.10. The summed E-state index contributed by atoms with van der Waals surface area (Å²) in [5.41, 5.74) is 2.46. The molecule has 1 nitrogen and oxygen atoms in total. The van der Waals surface area contributed by atoms with Crippen LogP contribution in [0, 0.1) is 6.92 Å². The predicted octanol–water partition coefficient (Wildman–Crippen LogP) is 4.03. The summed E-state index contributed by atoms with van der Waals surface area (Å²) in [6.45, 7) is 8.10. The quantitative estimate of drug-likeness (QED) is 0.739. The van der Waals surface area contributed by atoms with E-state index in [4.69, 9.17) is 4.74 Å². The van der Waals surface area contributed by atoms with Gasteiger partial charge in [0.2, 0.25) is 0 Å². The molecule has 16 heavy (non-hydrogen) atoms. The standard InChI is InChI=1S/C15H19O/c1-4-5-6-8-12-9-7-10-13-11-15(2,3)16-14(12)13/h6-10H,1,4-5,11H2,2-3H3. The van der Waals surface area contributed by atoms with Crippen LogP contribution >= 0.6 is 0 Å². The van der Waals surface area contributed by atoms with Gasteiger partial charge in [-0.2, -0.15) is 0 Å². The molecule has 1 aromatic rings. The minimum absolute atomic E-state index is 0.0570. The molecule has 0 saturated heterocycles. The minimum Gasteiger partial charge on any atom is -0.487 e. The maximum atomic E-state index is 5.99. The lowest BCUT2D eigenvalue weighted by molar-refractivity contribution is 0.138. The Hall–Kier alpha value is -1.24. The van der Waals surface area contributed by atoms with E-state index in [2.05, 4.69) is 51.1 Å². The second-order valence-electron chi connectivity index (χ2n) is 4.92. The molecule has 0 N–H and O–H groups in total.